The normalized spacial score (nSPS) is 17.8. The summed E-state index contributed by atoms with van der Waals surface area (Å²) in [7, 11) is 1.60. The fourth-order valence-corrected chi connectivity index (χ4v) is 3.15. The Balaban J connectivity index is 1.50. The van der Waals surface area contributed by atoms with Crippen LogP contribution < -0.4 is 24.8 Å². The Hall–Kier alpha value is -3.26. The number of hydrogen-bond donors (Lipinski definition) is 2. The maximum absolute atomic E-state index is 12.8. The first kappa shape index (κ1) is 19.1. The van der Waals surface area contributed by atoms with E-state index in [1.807, 2.05) is 24.3 Å². The van der Waals surface area contributed by atoms with Gasteiger partial charge in [0, 0.05) is 23.9 Å². The third kappa shape index (κ3) is 4.78. The molecule has 1 amide bonds. The summed E-state index contributed by atoms with van der Waals surface area (Å²) in [5.74, 6) is 1.93. The number of nitrogens with zero attached hydrogens (tertiary/aromatic N) is 1. The van der Waals surface area contributed by atoms with Gasteiger partial charge in [0.05, 0.1) is 19.8 Å². The van der Waals surface area contributed by atoms with E-state index in [-0.39, 0.29) is 18.8 Å². The largest absolute Gasteiger partial charge is 0.497 e. The van der Waals surface area contributed by atoms with Crippen molar-refractivity contribution in [1.82, 2.24) is 5.32 Å². The molecular formula is C21H23N3O5. The highest BCUT2D eigenvalue weighted by molar-refractivity contribution is 6.10. The molecule has 2 aliphatic rings. The number of carbonyl (C=O) groups is 1. The Kier molecular flexibility index (Phi) is 5.81. The van der Waals surface area contributed by atoms with Crippen LogP contribution in [0.25, 0.3) is 0 Å². The monoisotopic (exact) mass is 397 g/mol. The van der Waals surface area contributed by atoms with Gasteiger partial charge < -0.3 is 24.3 Å². The predicted octanol–water partition coefficient (Wildman–Crippen LogP) is 2.80. The van der Waals surface area contributed by atoms with Crippen molar-refractivity contribution < 1.29 is 23.7 Å². The number of ether oxygens (including phenoxy) is 4. The summed E-state index contributed by atoms with van der Waals surface area (Å²) >= 11 is 0. The van der Waals surface area contributed by atoms with E-state index in [9.17, 15) is 4.79 Å². The van der Waals surface area contributed by atoms with Crippen molar-refractivity contribution in [2.75, 3.05) is 32.4 Å². The van der Waals surface area contributed by atoms with Crippen LogP contribution in [-0.4, -0.2) is 45.0 Å². The number of nitrogens with one attached hydrogen (secondary N) is 2. The lowest BCUT2D eigenvalue weighted by Crippen LogP contribution is -2.36. The van der Waals surface area contributed by atoms with Gasteiger partial charge in [-0.15, -0.1) is 0 Å². The fourth-order valence-electron chi connectivity index (χ4n) is 3.15. The van der Waals surface area contributed by atoms with Gasteiger partial charge in [0.1, 0.15) is 5.75 Å². The number of carbonyl (C=O) groups excluding carboxylic acids is 1. The van der Waals surface area contributed by atoms with Crippen molar-refractivity contribution in [3.8, 4) is 17.2 Å². The van der Waals surface area contributed by atoms with Gasteiger partial charge in [0.15, 0.2) is 11.5 Å². The minimum Gasteiger partial charge on any atom is -0.497 e. The van der Waals surface area contributed by atoms with Gasteiger partial charge in [0.25, 0.3) is 5.91 Å². The molecule has 8 heteroatoms. The molecule has 8 nitrogen and oxygen atoms in total. The average Bonchev–Trinajstić information content (AvgIpc) is 3.43. The second-order valence-electron chi connectivity index (χ2n) is 6.70. The fraction of sp³-hybridized carbons (Fsp3) is 0.333. The maximum atomic E-state index is 12.8. The molecule has 152 valence electrons. The summed E-state index contributed by atoms with van der Waals surface area (Å²) in [5.41, 5.74) is 1.20. The van der Waals surface area contributed by atoms with Crippen molar-refractivity contribution in [2.45, 2.75) is 18.9 Å². The Morgan fingerprint density at radius 2 is 2.10 bits per heavy atom. The Bertz CT molecular complexity index is 909. The summed E-state index contributed by atoms with van der Waals surface area (Å²) in [6.45, 7) is 1.38. The molecule has 29 heavy (non-hydrogen) atoms. The van der Waals surface area contributed by atoms with Gasteiger partial charge in [-0.1, -0.05) is 6.07 Å². The predicted molar refractivity (Wildman–Crippen MR) is 108 cm³/mol. The van der Waals surface area contributed by atoms with Crippen molar-refractivity contribution in [1.29, 1.82) is 0 Å². The van der Waals surface area contributed by atoms with Gasteiger partial charge in [-0.3, -0.25) is 10.1 Å². The maximum Gasteiger partial charge on any atom is 0.258 e. The summed E-state index contributed by atoms with van der Waals surface area (Å²) in [5, 5.41) is 6.00. The Morgan fingerprint density at radius 1 is 1.21 bits per heavy atom. The lowest BCUT2D eigenvalue weighted by Gasteiger charge is -2.14. The van der Waals surface area contributed by atoms with E-state index in [4.69, 9.17) is 18.9 Å². The number of hydrogen-bond acceptors (Lipinski definition) is 6. The number of guanidine groups is 1. The van der Waals surface area contributed by atoms with Gasteiger partial charge in [-0.05, 0) is 43.2 Å². The van der Waals surface area contributed by atoms with E-state index >= 15 is 0 Å². The molecule has 0 unspecified atom stereocenters. The quantitative estimate of drug-likeness (QED) is 0.596. The molecule has 0 spiro atoms. The van der Waals surface area contributed by atoms with Crippen LogP contribution in [0.3, 0.4) is 0 Å². The Morgan fingerprint density at radius 3 is 2.93 bits per heavy atom. The van der Waals surface area contributed by atoms with Crippen LogP contribution in [-0.2, 0) is 4.74 Å². The number of rotatable bonds is 5. The zero-order valence-corrected chi connectivity index (χ0v) is 16.1. The van der Waals surface area contributed by atoms with Crippen LogP contribution in [0.4, 0.5) is 5.69 Å². The number of amides is 1. The SMILES string of the molecule is COc1cccc(NC(=NC[C@H]2CCCO2)NC(=O)c2ccc3c(c2)OCO3)c1. The van der Waals surface area contributed by atoms with E-state index in [2.05, 4.69) is 15.6 Å². The molecule has 2 aromatic carbocycles. The van der Waals surface area contributed by atoms with Crippen LogP contribution >= 0.6 is 0 Å². The molecule has 2 aromatic rings. The molecule has 0 saturated carbocycles. The molecule has 4 rings (SSSR count). The molecule has 0 aromatic heterocycles. The minimum atomic E-state index is -0.301. The number of benzene rings is 2. The summed E-state index contributed by atoms with van der Waals surface area (Å²) in [6.07, 6.45) is 2.06. The van der Waals surface area contributed by atoms with Crippen molar-refractivity contribution in [3.05, 3.63) is 48.0 Å². The summed E-state index contributed by atoms with van der Waals surface area (Å²) in [4.78, 5) is 17.3. The number of anilines is 1. The molecule has 1 fully saturated rings. The van der Waals surface area contributed by atoms with Crippen molar-refractivity contribution in [3.63, 3.8) is 0 Å². The second-order valence-corrected chi connectivity index (χ2v) is 6.70. The van der Waals surface area contributed by atoms with Crippen LogP contribution in [0.2, 0.25) is 0 Å². The smallest absolute Gasteiger partial charge is 0.258 e. The van der Waals surface area contributed by atoms with E-state index in [1.54, 1.807) is 25.3 Å². The topological polar surface area (TPSA) is 90.4 Å². The first-order valence-electron chi connectivity index (χ1n) is 9.49. The molecule has 2 heterocycles. The van der Waals surface area contributed by atoms with Crippen molar-refractivity contribution in [2.24, 2.45) is 4.99 Å². The van der Waals surface area contributed by atoms with E-state index in [0.717, 1.165) is 25.1 Å². The summed E-state index contributed by atoms with van der Waals surface area (Å²) < 4.78 is 21.5. The van der Waals surface area contributed by atoms with Gasteiger partial charge in [-0.2, -0.15) is 0 Å². The molecule has 2 N–H and O–H groups in total. The van der Waals surface area contributed by atoms with Gasteiger partial charge in [-0.25, -0.2) is 4.99 Å². The molecular weight excluding hydrogens is 374 g/mol. The summed E-state index contributed by atoms with van der Waals surface area (Å²) in [6, 6.07) is 12.5. The molecule has 2 aliphatic heterocycles. The van der Waals surface area contributed by atoms with Gasteiger partial charge >= 0.3 is 0 Å². The van der Waals surface area contributed by atoms with Crippen LogP contribution in [0.15, 0.2) is 47.5 Å². The Labute approximate surface area is 168 Å². The lowest BCUT2D eigenvalue weighted by molar-refractivity contribution is 0.0975. The average molecular weight is 397 g/mol. The standard InChI is InChI=1S/C21H23N3O5/c1-26-16-5-2-4-15(11-16)23-21(22-12-17-6-3-9-27-17)24-20(25)14-7-8-18-19(10-14)29-13-28-18/h2,4-5,7-8,10-11,17H,3,6,9,12-13H2,1H3,(H2,22,23,24,25)/t17-/m1/s1. The van der Waals surface area contributed by atoms with Crippen LogP contribution in [0.1, 0.15) is 23.2 Å². The third-order valence-corrected chi connectivity index (χ3v) is 4.68. The first-order valence-corrected chi connectivity index (χ1v) is 9.49. The highest BCUT2D eigenvalue weighted by Gasteiger charge is 2.18. The molecule has 0 aliphatic carbocycles. The van der Waals surface area contributed by atoms with Gasteiger partial charge in [0.2, 0.25) is 12.8 Å². The number of fused-ring (bicyclic) bond motifs is 1. The highest BCUT2D eigenvalue weighted by atomic mass is 16.7. The van der Waals surface area contributed by atoms with Crippen LogP contribution in [0, 0.1) is 0 Å². The number of aliphatic imine (C=N–C) groups is 1. The minimum absolute atomic E-state index is 0.0690. The van der Waals surface area contributed by atoms with E-state index in [1.165, 1.54) is 0 Å². The van der Waals surface area contributed by atoms with Crippen molar-refractivity contribution >= 4 is 17.6 Å². The van der Waals surface area contributed by atoms with E-state index in [0.29, 0.717) is 35.3 Å². The first-order chi connectivity index (χ1) is 14.2. The van der Waals surface area contributed by atoms with Crippen LogP contribution in [0.5, 0.6) is 17.2 Å². The zero-order valence-electron chi connectivity index (χ0n) is 16.1. The lowest BCUT2D eigenvalue weighted by atomic mass is 10.2. The molecule has 0 bridgehead atoms. The third-order valence-electron chi connectivity index (χ3n) is 4.68. The zero-order chi connectivity index (χ0) is 20.1. The number of methoxy groups -OCH3 is 1. The molecule has 1 atom stereocenters. The molecule has 1 saturated heterocycles. The molecule has 0 radical (unpaired) electrons. The highest BCUT2D eigenvalue weighted by Crippen LogP contribution is 2.32. The van der Waals surface area contributed by atoms with E-state index < -0.39 is 0 Å². The second kappa shape index (κ2) is 8.83.